The SMILES string of the molecule is CCCOc1ccc(C(N)COCC(C)C)cc1. The molecule has 0 aromatic heterocycles. The molecule has 0 saturated heterocycles. The zero-order valence-corrected chi connectivity index (χ0v) is 11.7. The van der Waals surface area contributed by atoms with Gasteiger partial charge in [0.2, 0.25) is 0 Å². The van der Waals surface area contributed by atoms with Gasteiger partial charge in [0.25, 0.3) is 0 Å². The van der Waals surface area contributed by atoms with Crippen LogP contribution in [-0.4, -0.2) is 19.8 Å². The maximum absolute atomic E-state index is 6.07. The Morgan fingerprint density at radius 3 is 2.33 bits per heavy atom. The lowest BCUT2D eigenvalue weighted by atomic mass is 10.1. The van der Waals surface area contributed by atoms with Gasteiger partial charge < -0.3 is 15.2 Å². The summed E-state index contributed by atoms with van der Waals surface area (Å²) in [5.74, 6) is 1.44. The quantitative estimate of drug-likeness (QED) is 0.772. The molecule has 0 saturated carbocycles. The topological polar surface area (TPSA) is 44.5 Å². The second-order valence-corrected chi connectivity index (χ2v) is 4.96. The lowest BCUT2D eigenvalue weighted by Gasteiger charge is -2.14. The van der Waals surface area contributed by atoms with Gasteiger partial charge in [-0.1, -0.05) is 32.9 Å². The minimum absolute atomic E-state index is 0.0658. The van der Waals surface area contributed by atoms with Gasteiger partial charge in [0.15, 0.2) is 0 Å². The van der Waals surface area contributed by atoms with Crippen molar-refractivity contribution in [3.05, 3.63) is 29.8 Å². The van der Waals surface area contributed by atoms with E-state index < -0.39 is 0 Å². The van der Waals surface area contributed by atoms with Gasteiger partial charge in [-0.2, -0.15) is 0 Å². The van der Waals surface area contributed by atoms with E-state index in [9.17, 15) is 0 Å². The van der Waals surface area contributed by atoms with E-state index in [0.717, 1.165) is 30.9 Å². The maximum Gasteiger partial charge on any atom is 0.119 e. The van der Waals surface area contributed by atoms with E-state index >= 15 is 0 Å². The molecule has 0 heterocycles. The molecule has 0 fully saturated rings. The number of ether oxygens (including phenoxy) is 2. The summed E-state index contributed by atoms with van der Waals surface area (Å²) in [4.78, 5) is 0. The largest absolute Gasteiger partial charge is 0.494 e. The fourth-order valence-electron chi connectivity index (χ4n) is 1.56. The van der Waals surface area contributed by atoms with Crippen molar-refractivity contribution in [2.75, 3.05) is 19.8 Å². The Kier molecular flexibility index (Phi) is 6.76. The van der Waals surface area contributed by atoms with Gasteiger partial charge in [-0.3, -0.25) is 0 Å². The molecule has 1 aromatic rings. The van der Waals surface area contributed by atoms with Crippen LogP contribution < -0.4 is 10.5 Å². The second-order valence-electron chi connectivity index (χ2n) is 4.96. The summed E-state index contributed by atoms with van der Waals surface area (Å²) in [6.07, 6.45) is 1.02. The number of benzene rings is 1. The van der Waals surface area contributed by atoms with Crippen LogP contribution in [0.3, 0.4) is 0 Å². The zero-order valence-electron chi connectivity index (χ0n) is 11.7. The maximum atomic E-state index is 6.07. The van der Waals surface area contributed by atoms with Crippen LogP contribution in [-0.2, 0) is 4.74 Å². The number of hydrogen-bond donors (Lipinski definition) is 1. The summed E-state index contributed by atoms with van der Waals surface area (Å²) in [6, 6.07) is 7.88. The molecule has 0 aliphatic heterocycles. The van der Waals surface area contributed by atoms with Crippen LogP contribution in [0.15, 0.2) is 24.3 Å². The molecule has 18 heavy (non-hydrogen) atoms. The Morgan fingerprint density at radius 1 is 1.11 bits per heavy atom. The highest BCUT2D eigenvalue weighted by Gasteiger charge is 2.06. The molecule has 0 aliphatic rings. The van der Waals surface area contributed by atoms with Gasteiger partial charge in [-0.15, -0.1) is 0 Å². The lowest BCUT2D eigenvalue weighted by molar-refractivity contribution is 0.0983. The van der Waals surface area contributed by atoms with Crippen molar-refractivity contribution in [3.63, 3.8) is 0 Å². The van der Waals surface area contributed by atoms with Crippen LogP contribution in [0.25, 0.3) is 0 Å². The highest BCUT2D eigenvalue weighted by molar-refractivity contribution is 5.29. The van der Waals surface area contributed by atoms with E-state index in [1.807, 2.05) is 24.3 Å². The molecule has 1 atom stereocenters. The first-order valence-electron chi connectivity index (χ1n) is 6.69. The molecule has 1 unspecified atom stereocenters. The fraction of sp³-hybridized carbons (Fsp3) is 0.600. The van der Waals surface area contributed by atoms with Crippen LogP contribution in [0.2, 0.25) is 0 Å². The number of hydrogen-bond acceptors (Lipinski definition) is 3. The fourth-order valence-corrected chi connectivity index (χ4v) is 1.56. The summed E-state index contributed by atoms with van der Waals surface area (Å²) in [7, 11) is 0. The van der Waals surface area contributed by atoms with Crippen LogP contribution in [0.4, 0.5) is 0 Å². The standard InChI is InChI=1S/C15H25NO2/c1-4-9-18-14-7-5-13(6-8-14)15(16)11-17-10-12(2)3/h5-8,12,15H,4,9-11,16H2,1-3H3. The van der Waals surface area contributed by atoms with Crippen LogP contribution in [0.1, 0.15) is 38.8 Å². The molecule has 3 heteroatoms. The summed E-state index contributed by atoms with van der Waals surface area (Å²) >= 11 is 0. The minimum Gasteiger partial charge on any atom is -0.494 e. The predicted octanol–water partition coefficient (Wildman–Crippen LogP) is 3.15. The molecular formula is C15H25NO2. The van der Waals surface area contributed by atoms with Crippen LogP contribution in [0.5, 0.6) is 5.75 Å². The molecule has 0 spiro atoms. The Hall–Kier alpha value is -1.06. The predicted molar refractivity (Wildman–Crippen MR) is 74.8 cm³/mol. The minimum atomic E-state index is -0.0658. The normalized spacial score (nSPS) is 12.7. The number of rotatable bonds is 8. The molecule has 0 aliphatic carbocycles. The van der Waals surface area contributed by atoms with E-state index in [1.165, 1.54) is 0 Å². The summed E-state index contributed by atoms with van der Waals surface area (Å²) in [5, 5.41) is 0. The summed E-state index contributed by atoms with van der Waals surface area (Å²) in [6.45, 7) is 8.43. The van der Waals surface area contributed by atoms with Gasteiger partial charge in [-0.05, 0) is 30.0 Å². The molecular weight excluding hydrogens is 226 g/mol. The van der Waals surface area contributed by atoms with Crippen molar-refractivity contribution >= 4 is 0 Å². The molecule has 1 rings (SSSR count). The zero-order chi connectivity index (χ0) is 13.4. The van der Waals surface area contributed by atoms with Crippen molar-refractivity contribution in [2.24, 2.45) is 11.7 Å². The average Bonchev–Trinajstić information content (AvgIpc) is 2.36. The Labute approximate surface area is 110 Å². The van der Waals surface area contributed by atoms with Crippen molar-refractivity contribution in [1.29, 1.82) is 0 Å². The van der Waals surface area contributed by atoms with Gasteiger partial charge in [0.1, 0.15) is 5.75 Å². The van der Waals surface area contributed by atoms with E-state index in [1.54, 1.807) is 0 Å². The Balaban J connectivity index is 2.40. The molecule has 1 aromatic carbocycles. The Morgan fingerprint density at radius 2 is 1.78 bits per heavy atom. The first kappa shape index (κ1) is 15.0. The van der Waals surface area contributed by atoms with Crippen molar-refractivity contribution < 1.29 is 9.47 Å². The molecule has 102 valence electrons. The first-order valence-corrected chi connectivity index (χ1v) is 6.69. The molecule has 0 radical (unpaired) electrons. The van der Waals surface area contributed by atoms with E-state index in [4.69, 9.17) is 15.2 Å². The smallest absolute Gasteiger partial charge is 0.119 e. The van der Waals surface area contributed by atoms with Crippen LogP contribution in [0, 0.1) is 5.92 Å². The van der Waals surface area contributed by atoms with E-state index in [-0.39, 0.29) is 6.04 Å². The van der Waals surface area contributed by atoms with Gasteiger partial charge >= 0.3 is 0 Å². The van der Waals surface area contributed by atoms with E-state index in [2.05, 4.69) is 20.8 Å². The number of nitrogens with two attached hydrogens (primary N) is 1. The third kappa shape index (κ3) is 5.52. The molecule has 3 nitrogen and oxygen atoms in total. The summed E-state index contributed by atoms with van der Waals surface area (Å²) < 4.78 is 11.1. The molecule has 0 amide bonds. The van der Waals surface area contributed by atoms with Crippen molar-refractivity contribution in [2.45, 2.75) is 33.2 Å². The van der Waals surface area contributed by atoms with Crippen molar-refractivity contribution in [1.82, 2.24) is 0 Å². The third-order valence-corrected chi connectivity index (χ3v) is 2.53. The molecule has 2 N–H and O–H groups in total. The summed E-state index contributed by atoms with van der Waals surface area (Å²) in [5.41, 5.74) is 7.15. The van der Waals surface area contributed by atoms with Gasteiger partial charge in [-0.25, -0.2) is 0 Å². The van der Waals surface area contributed by atoms with Gasteiger partial charge in [0, 0.05) is 6.61 Å². The first-order chi connectivity index (χ1) is 8.63. The average molecular weight is 251 g/mol. The van der Waals surface area contributed by atoms with Crippen molar-refractivity contribution in [3.8, 4) is 5.75 Å². The van der Waals surface area contributed by atoms with Gasteiger partial charge in [0.05, 0.1) is 19.3 Å². The second kappa shape index (κ2) is 8.11. The third-order valence-electron chi connectivity index (χ3n) is 2.53. The van der Waals surface area contributed by atoms with Crippen LogP contribution >= 0.6 is 0 Å². The highest BCUT2D eigenvalue weighted by atomic mass is 16.5. The Bertz CT molecular complexity index is 322. The monoisotopic (exact) mass is 251 g/mol. The molecule has 0 bridgehead atoms. The highest BCUT2D eigenvalue weighted by Crippen LogP contribution is 2.17. The lowest BCUT2D eigenvalue weighted by Crippen LogP contribution is -2.18. The van der Waals surface area contributed by atoms with E-state index in [0.29, 0.717) is 12.5 Å².